The van der Waals surface area contributed by atoms with Crippen molar-refractivity contribution in [3.05, 3.63) is 12.3 Å². The lowest BCUT2D eigenvalue weighted by atomic mass is 9.82. The van der Waals surface area contributed by atoms with Gasteiger partial charge in [-0.15, -0.1) is 0 Å². The lowest BCUT2D eigenvalue weighted by Gasteiger charge is -2.32. The van der Waals surface area contributed by atoms with E-state index >= 15 is 0 Å². The molecule has 0 aromatic rings. The first-order valence-corrected chi connectivity index (χ1v) is 6.69. The van der Waals surface area contributed by atoms with Crippen LogP contribution in [0.25, 0.3) is 0 Å². The Morgan fingerprint density at radius 3 is 2.82 bits per heavy atom. The third-order valence-corrected chi connectivity index (χ3v) is 4.20. The molecule has 2 atom stereocenters. The Kier molecular flexibility index (Phi) is 2.82. The van der Waals surface area contributed by atoms with Crippen molar-refractivity contribution in [3.8, 4) is 0 Å². The van der Waals surface area contributed by atoms with Crippen LogP contribution in [0, 0.1) is 0 Å². The molecule has 94 valence electrons. The average molecular weight is 236 g/mol. The summed E-state index contributed by atoms with van der Waals surface area (Å²) in [6, 6.07) is 0. The highest BCUT2D eigenvalue weighted by molar-refractivity contribution is 5.88. The van der Waals surface area contributed by atoms with E-state index in [4.69, 9.17) is 4.74 Å². The number of allylic oxidation sites excluding steroid dienone is 1. The molecule has 2 N–H and O–H groups in total. The lowest BCUT2D eigenvalue weighted by molar-refractivity contribution is -0.125. The molecule has 1 amide bonds. The number of carbonyl (C=O) groups excluding carboxylic acids is 1. The average Bonchev–Trinajstić information content (AvgIpc) is 2.69. The normalized spacial score (nSPS) is 35.6. The molecule has 4 nitrogen and oxygen atoms in total. The van der Waals surface area contributed by atoms with Gasteiger partial charge in [0.15, 0.2) is 0 Å². The van der Waals surface area contributed by atoms with Gasteiger partial charge in [0.2, 0.25) is 5.91 Å². The number of rotatable bonds is 1. The van der Waals surface area contributed by atoms with Crippen LogP contribution in [-0.2, 0) is 9.53 Å². The maximum atomic E-state index is 12.2. The van der Waals surface area contributed by atoms with Crippen LogP contribution in [0.1, 0.15) is 44.9 Å². The molecule has 3 aliphatic rings. The van der Waals surface area contributed by atoms with E-state index in [0.717, 1.165) is 38.5 Å². The third kappa shape index (κ3) is 1.95. The molecule has 2 unspecified atom stereocenters. The van der Waals surface area contributed by atoms with Gasteiger partial charge in [0.05, 0.1) is 11.8 Å². The van der Waals surface area contributed by atoms with Gasteiger partial charge in [0.1, 0.15) is 12.3 Å². The molecule has 1 aliphatic carbocycles. The van der Waals surface area contributed by atoms with Crippen LogP contribution in [0.2, 0.25) is 0 Å². The first-order valence-electron chi connectivity index (χ1n) is 6.69. The Morgan fingerprint density at radius 2 is 2.12 bits per heavy atom. The summed E-state index contributed by atoms with van der Waals surface area (Å²) in [6.07, 6.45) is 11.4. The van der Waals surface area contributed by atoms with E-state index in [9.17, 15) is 4.79 Å². The zero-order valence-corrected chi connectivity index (χ0v) is 10.1. The minimum Gasteiger partial charge on any atom is -0.495 e. The van der Waals surface area contributed by atoms with Crippen molar-refractivity contribution < 1.29 is 9.53 Å². The maximum Gasteiger partial charge on any atom is 0.241 e. The van der Waals surface area contributed by atoms with E-state index in [1.165, 1.54) is 6.42 Å². The molecule has 0 aromatic carbocycles. The highest BCUT2D eigenvalue weighted by Crippen LogP contribution is 2.32. The predicted octanol–water partition coefficient (Wildman–Crippen LogP) is 1.43. The van der Waals surface area contributed by atoms with Gasteiger partial charge in [0.25, 0.3) is 0 Å². The number of hydrogen-bond acceptors (Lipinski definition) is 3. The van der Waals surface area contributed by atoms with Crippen LogP contribution in [0.4, 0.5) is 0 Å². The van der Waals surface area contributed by atoms with Crippen molar-refractivity contribution >= 4 is 5.91 Å². The van der Waals surface area contributed by atoms with Crippen LogP contribution in [0.3, 0.4) is 0 Å². The zero-order chi connectivity index (χ0) is 11.7. The molecular weight excluding hydrogens is 216 g/mol. The summed E-state index contributed by atoms with van der Waals surface area (Å²) in [5, 5.41) is 6.58. The topological polar surface area (TPSA) is 50.4 Å². The first kappa shape index (κ1) is 11.1. The summed E-state index contributed by atoms with van der Waals surface area (Å²) in [6.45, 7) is 0. The highest BCUT2D eigenvalue weighted by Gasteiger charge is 2.48. The summed E-state index contributed by atoms with van der Waals surface area (Å²) in [5.41, 5.74) is -0.298. The standard InChI is InChI=1S/C13H20N2O2/c16-12-13(7-3-1-4-8-13)15-11(14-12)10-6-2-5-9-17-10/h5,9-11,15H,1-4,6-8H2,(H,14,16). The number of nitrogens with one attached hydrogen (secondary N) is 2. The second-order valence-corrected chi connectivity index (χ2v) is 5.36. The largest absolute Gasteiger partial charge is 0.495 e. The van der Waals surface area contributed by atoms with E-state index in [0.29, 0.717) is 0 Å². The second kappa shape index (κ2) is 4.33. The molecule has 2 heterocycles. The van der Waals surface area contributed by atoms with Crippen molar-refractivity contribution in [3.63, 3.8) is 0 Å². The fourth-order valence-electron chi connectivity index (χ4n) is 3.19. The Balaban J connectivity index is 1.70. The van der Waals surface area contributed by atoms with Crippen LogP contribution < -0.4 is 10.6 Å². The van der Waals surface area contributed by atoms with E-state index in [-0.39, 0.29) is 23.7 Å². The number of ether oxygens (including phenoxy) is 1. The smallest absolute Gasteiger partial charge is 0.241 e. The molecule has 1 saturated carbocycles. The lowest BCUT2D eigenvalue weighted by Crippen LogP contribution is -2.51. The van der Waals surface area contributed by atoms with Crippen LogP contribution in [0.15, 0.2) is 12.3 Å². The van der Waals surface area contributed by atoms with Gasteiger partial charge in [-0.2, -0.15) is 0 Å². The minimum absolute atomic E-state index is 0.00875. The summed E-state index contributed by atoms with van der Waals surface area (Å²) < 4.78 is 5.59. The second-order valence-electron chi connectivity index (χ2n) is 5.36. The van der Waals surface area contributed by atoms with Gasteiger partial charge >= 0.3 is 0 Å². The van der Waals surface area contributed by atoms with Crippen molar-refractivity contribution in [2.75, 3.05) is 0 Å². The molecule has 2 aliphatic heterocycles. The van der Waals surface area contributed by atoms with Crippen molar-refractivity contribution in [1.29, 1.82) is 0 Å². The summed E-state index contributed by atoms with van der Waals surface area (Å²) in [5.74, 6) is 0.181. The molecular formula is C13H20N2O2. The van der Waals surface area contributed by atoms with E-state index < -0.39 is 0 Å². The van der Waals surface area contributed by atoms with Gasteiger partial charge in [-0.05, 0) is 31.8 Å². The van der Waals surface area contributed by atoms with Gasteiger partial charge in [0, 0.05) is 0 Å². The maximum absolute atomic E-state index is 12.2. The number of hydrogen-bond donors (Lipinski definition) is 2. The van der Waals surface area contributed by atoms with Crippen LogP contribution in [-0.4, -0.2) is 23.7 Å². The molecule has 0 bridgehead atoms. The van der Waals surface area contributed by atoms with Gasteiger partial charge in [-0.1, -0.05) is 19.3 Å². The van der Waals surface area contributed by atoms with Crippen molar-refractivity contribution in [2.45, 2.75) is 62.8 Å². The number of amides is 1. The van der Waals surface area contributed by atoms with Crippen molar-refractivity contribution in [1.82, 2.24) is 10.6 Å². The van der Waals surface area contributed by atoms with Crippen LogP contribution in [0.5, 0.6) is 0 Å². The molecule has 3 rings (SSSR count). The Hall–Kier alpha value is -1.03. The van der Waals surface area contributed by atoms with E-state index in [1.807, 2.05) is 6.08 Å². The monoisotopic (exact) mass is 236 g/mol. The van der Waals surface area contributed by atoms with E-state index in [2.05, 4.69) is 10.6 Å². The zero-order valence-electron chi connectivity index (χ0n) is 10.1. The van der Waals surface area contributed by atoms with Gasteiger partial charge < -0.3 is 10.1 Å². The quantitative estimate of drug-likeness (QED) is 0.724. The van der Waals surface area contributed by atoms with Crippen molar-refractivity contribution in [2.24, 2.45) is 0 Å². The molecule has 4 heteroatoms. The molecule has 2 fully saturated rings. The van der Waals surface area contributed by atoms with E-state index in [1.54, 1.807) is 6.26 Å². The first-order chi connectivity index (χ1) is 8.30. The summed E-state index contributed by atoms with van der Waals surface area (Å²) >= 11 is 0. The summed E-state index contributed by atoms with van der Waals surface area (Å²) in [7, 11) is 0. The number of carbonyl (C=O) groups is 1. The molecule has 1 saturated heterocycles. The molecule has 0 radical (unpaired) electrons. The third-order valence-electron chi connectivity index (χ3n) is 4.20. The predicted molar refractivity (Wildman–Crippen MR) is 64.1 cm³/mol. The van der Waals surface area contributed by atoms with Crippen LogP contribution >= 0.6 is 0 Å². The van der Waals surface area contributed by atoms with Gasteiger partial charge in [-0.3, -0.25) is 10.1 Å². The molecule has 0 aromatic heterocycles. The molecule has 1 spiro atoms. The summed E-state index contributed by atoms with van der Waals surface area (Å²) in [4.78, 5) is 12.2. The SMILES string of the molecule is O=C1NC(C2CCC=CO2)NC12CCCCC2. The Bertz CT molecular complexity index is 334. The fraction of sp³-hybridized carbons (Fsp3) is 0.769. The fourth-order valence-corrected chi connectivity index (χ4v) is 3.19. The Morgan fingerprint density at radius 1 is 1.29 bits per heavy atom. The molecule has 17 heavy (non-hydrogen) atoms. The minimum atomic E-state index is -0.298. The Labute approximate surface area is 102 Å². The highest BCUT2D eigenvalue weighted by atomic mass is 16.5. The van der Waals surface area contributed by atoms with Gasteiger partial charge in [-0.25, -0.2) is 0 Å².